The normalized spacial score (nSPS) is 31.0. The van der Waals surface area contributed by atoms with Gasteiger partial charge in [0.2, 0.25) is 5.91 Å². The van der Waals surface area contributed by atoms with Gasteiger partial charge in [-0.05, 0) is 55.3 Å². The molecule has 1 aromatic rings. The van der Waals surface area contributed by atoms with Gasteiger partial charge >= 0.3 is 0 Å². The van der Waals surface area contributed by atoms with Crippen molar-refractivity contribution >= 4 is 5.91 Å². The van der Waals surface area contributed by atoms with Gasteiger partial charge in [-0.3, -0.25) is 4.79 Å². The van der Waals surface area contributed by atoms with Crippen LogP contribution in [-0.2, 0) is 5.41 Å². The average Bonchev–Trinajstić information content (AvgIpc) is 2.39. The highest BCUT2D eigenvalue weighted by atomic mass is 16.1. The second-order valence-electron chi connectivity index (χ2n) is 5.72. The summed E-state index contributed by atoms with van der Waals surface area (Å²) < 4.78 is 0. The quantitative estimate of drug-likeness (QED) is 0.835. The lowest BCUT2D eigenvalue weighted by Gasteiger charge is -2.46. The summed E-state index contributed by atoms with van der Waals surface area (Å²) in [5, 5.41) is 3.59. The number of carbonyl (C=O) groups is 1. The molecule has 1 aromatic carbocycles. The standard InChI is InChI=1S/C15H20N2O/c16-14(18)11-3-1-4-12(9-11)15-6-2-5-13(10-15)17-8-7-15/h1,3-4,9,13,17H,2,5-8,10H2,(H2,16,18). The number of primary amides is 1. The Morgan fingerprint density at radius 1 is 1.39 bits per heavy atom. The molecule has 1 saturated heterocycles. The number of benzene rings is 1. The van der Waals surface area contributed by atoms with E-state index in [9.17, 15) is 4.79 Å². The van der Waals surface area contributed by atoms with E-state index in [4.69, 9.17) is 5.73 Å². The maximum absolute atomic E-state index is 11.3. The number of nitrogens with one attached hydrogen (secondary N) is 1. The highest BCUT2D eigenvalue weighted by molar-refractivity contribution is 5.92. The van der Waals surface area contributed by atoms with E-state index < -0.39 is 0 Å². The van der Waals surface area contributed by atoms with Crippen molar-refractivity contribution in [2.45, 2.75) is 43.6 Å². The maximum atomic E-state index is 11.3. The number of piperidine rings is 1. The molecule has 2 bridgehead atoms. The Balaban J connectivity index is 1.97. The fourth-order valence-corrected chi connectivity index (χ4v) is 3.69. The lowest BCUT2D eigenvalue weighted by atomic mass is 9.64. The van der Waals surface area contributed by atoms with Gasteiger partial charge in [-0.15, -0.1) is 0 Å². The van der Waals surface area contributed by atoms with Crippen molar-refractivity contribution < 1.29 is 4.79 Å². The van der Waals surface area contributed by atoms with Gasteiger partial charge in [0.05, 0.1) is 0 Å². The van der Waals surface area contributed by atoms with Crippen LogP contribution in [-0.4, -0.2) is 18.5 Å². The Bertz CT molecular complexity index is 459. The molecule has 3 N–H and O–H groups in total. The van der Waals surface area contributed by atoms with E-state index in [2.05, 4.69) is 11.4 Å². The molecule has 2 atom stereocenters. The Morgan fingerprint density at radius 2 is 2.28 bits per heavy atom. The summed E-state index contributed by atoms with van der Waals surface area (Å²) in [4.78, 5) is 11.3. The third-order valence-corrected chi connectivity index (χ3v) is 4.64. The first-order valence-electron chi connectivity index (χ1n) is 6.83. The van der Waals surface area contributed by atoms with Crippen molar-refractivity contribution in [2.24, 2.45) is 5.73 Å². The van der Waals surface area contributed by atoms with E-state index in [-0.39, 0.29) is 11.3 Å². The minimum atomic E-state index is -0.324. The van der Waals surface area contributed by atoms with E-state index in [1.807, 2.05) is 18.2 Å². The van der Waals surface area contributed by atoms with Crippen LogP contribution in [0.2, 0.25) is 0 Å². The van der Waals surface area contributed by atoms with E-state index in [1.54, 1.807) is 0 Å². The molecule has 0 radical (unpaired) electrons. The molecule has 3 heteroatoms. The van der Waals surface area contributed by atoms with Gasteiger partial charge in [0.15, 0.2) is 0 Å². The van der Waals surface area contributed by atoms with Gasteiger partial charge < -0.3 is 11.1 Å². The van der Waals surface area contributed by atoms with Gasteiger partial charge in [0.25, 0.3) is 0 Å². The lowest BCUT2D eigenvalue weighted by molar-refractivity contribution is 0.1000. The van der Waals surface area contributed by atoms with E-state index in [0.717, 1.165) is 6.54 Å². The molecule has 18 heavy (non-hydrogen) atoms. The van der Waals surface area contributed by atoms with Crippen LogP contribution in [0.5, 0.6) is 0 Å². The minimum absolute atomic E-state index is 0.277. The summed E-state index contributed by atoms with van der Waals surface area (Å²) in [6, 6.07) is 8.61. The summed E-state index contributed by atoms with van der Waals surface area (Å²) >= 11 is 0. The third-order valence-electron chi connectivity index (χ3n) is 4.64. The van der Waals surface area contributed by atoms with Crippen molar-refractivity contribution in [3.63, 3.8) is 0 Å². The number of carbonyl (C=O) groups excluding carboxylic acids is 1. The van der Waals surface area contributed by atoms with Crippen molar-refractivity contribution in [3.05, 3.63) is 35.4 Å². The first-order valence-corrected chi connectivity index (χ1v) is 6.83. The molecule has 1 aliphatic carbocycles. The Morgan fingerprint density at radius 3 is 3.11 bits per heavy atom. The lowest BCUT2D eigenvalue weighted by Crippen LogP contribution is -2.49. The predicted molar refractivity (Wildman–Crippen MR) is 71.5 cm³/mol. The van der Waals surface area contributed by atoms with Crippen LogP contribution in [0.4, 0.5) is 0 Å². The van der Waals surface area contributed by atoms with Crippen LogP contribution >= 0.6 is 0 Å². The highest BCUT2D eigenvalue weighted by Crippen LogP contribution is 2.44. The molecule has 2 aliphatic rings. The second-order valence-corrected chi connectivity index (χ2v) is 5.72. The van der Waals surface area contributed by atoms with Crippen LogP contribution in [0.3, 0.4) is 0 Å². The summed E-state index contributed by atoms with van der Waals surface area (Å²) in [6.07, 6.45) is 6.18. The zero-order valence-electron chi connectivity index (χ0n) is 10.6. The third kappa shape index (κ3) is 1.93. The van der Waals surface area contributed by atoms with Crippen molar-refractivity contribution in [3.8, 4) is 0 Å². The molecule has 3 nitrogen and oxygen atoms in total. The number of nitrogens with two attached hydrogens (primary N) is 1. The van der Waals surface area contributed by atoms with Crippen molar-refractivity contribution in [1.29, 1.82) is 0 Å². The zero-order chi connectivity index (χ0) is 12.6. The van der Waals surface area contributed by atoms with Crippen LogP contribution in [0, 0.1) is 0 Å². The van der Waals surface area contributed by atoms with Crippen molar-refractivity contribution in [1.82, 2.24) is 5.32 Å². The number of rotatable bonds is 2. The molecule has 0 spiro atoms. The first-order chi connectivity index (χ1) is 8.70. The second kappa shape index (κ2) is 4.39. The van der Waals surface area contributed by atoms with Gasteiger partial charge in [-0.25, -0.2) is 0 Å². The van der Waals surface area contributed by atoms with Crippen LogP contribution in [0.1, 0.15) is 48.0 Å². The van der Waals surface area contributed by atoms with Crippen LogP contribution in [0.25, 0.3) is 0 Å². The summed E-state index contributed by atoms with van der Waals surface area (Å²) in [7, 11) is 0. The SMILES string of the molecule is NC(=O)c1cccc(C23CCCC(C2)NCC3)c1. The molecule has 1 saturated carbocycles. The van der Waals surface area contributed by atoms with E-state index in [0.29, 0.717) is 11.6 Å². The first kappa shape index (κ1) is 11.7. The largest absolute Gasteiger partial charge is 0.366 e. The zero-order valence-corrected chi connectivity index (χ0v) is 10.6. The monoisotopic (exact) mass is 244 g/mol. The van der Waals surface area contributed by atoms with Gasteiger partial charge in [0, 0.05) is 11.6 Å². The molecule has 2 unspecified atom stereocenters. The molecule has 2 fully saturated rings. The van der Waals surface area contributed by atoms with Crippen molar-refractivity contribution in [2.75, 3.05) is 6.54 Å². The Labute approximate surface area is 108 Å². The van der Waals surface area contributed by atoms with Gasteiger partial charge in [-0.2, -0.15) is 0 Å². The summed E-state index contributed by atoms with van der Waals surface area (Å²) in [5.74, 6) is -0.324. The Kier molecular flexibility index (Phi) is 2.86. The number of fused-ring (bicyclic) bond motifs is 2. The molecular weight excluding hydrogens is 224 g/mol. The predicted octanol–water partition coefficient (Wildman–Crippen LogP) is 1.96. The number of hydrogen-bond donors (Lipinski definition) is 2. The van der Waals surface area contributed by atoms with Crippen LogP contribution in [0.15, 0.2) is 24.3 Å². The maximum Gasteiger partial charge on any atom is 0.248 e. The topological polar surface area (TPSA) is 55.1 Å². The van der Waals surface area contributed by atoms with Gasteiger partial charge in [-0.1, -0.05) is 18.6 Å². The number of amides is 1. The van der Waals surface area contributed by atoms with Crippen LogP contribution < -0.4 is 11.1 Å². The molecule has 96 valence electrons. The van der Waals surface area contributed by atoms with E-state index in [1.165, 1.54) is 37.7 Å². The van der Waals surface area contributed by atoms with Gasteiger partial charge in [0.1, 0.15) is 0 Å². The molecule has 1 amide bonds. The average molecular weight is 244 g/mol. The molecule has 3 rings (SSSR count). The molecule has 1 heterocycles. The molecule has 1 aliphatic heterocycles. The van der Waals surface area contributed by atoms with E-state index >= 15 is 0 Å². The molecule has 0 aromatic heterocycles. The Hall–Kier alpha value is -1.35. The summed E-state index contributed by atoms with van der Waals surface area (Å²) in [6.45, 7) is 1.09. The fraction of sp³-hybridized carbons (Fsp3) is 0.533. The minimum Gasteiger partial charge on any atom is -0.366 e. The number of hydrogen-bond acceptors (Lipinski definition) is 2. The smallest absolute Gasteiger partial charge is 0.248 e. The summed E-state index contributed by atoms with van der Waals surface area (Å²) in [5.41, 5.74) is 7.62. The fourth-order valence-electron chi connectivity index (χ4n) is 3.69. The molecular formula is C15H20N2O. The highest BCUT2D eigenvalue weighted by Gasteiger charge is 2.40.